The first-order valence-corrected chi connectivity index (χ1v) is 8.36. The number of rotatable bonds is 4. The maximum absolute atomic E-state index is 12.7. The quantitative estimate of drug-likeness (QED) is 0.928. The fraction of sp³-hybridized carbons (Fsp3) is 0.263. The highest BCUT2D eigenvalue weighted by atomic mass is 35.5. The molecule has 1 aliphatic heterocycles. The molecule has 4 nitrogen and oxygen atoms in total. The Balaban J connectivity index is 1.83. The first-order valence-electron chi connectivity index (χ1n) is 7.98. The number of benzene rings is 2. The number of piperazine rings is 1. The minimum atomic E-state index is -0.0997. The Bertz CT molecular complexity index is 716. The van der Waals surface area contributed by atoms with Crippen molar-refractivity contribution in [1.82, 2.24) is 10.2 Å². The molecular formula is C19H19ClN2O2. The second kappa shape index (κ2) is 7.49. The normalized spacial score (nSPS) is 15.7. The molecular weight excluding hydrogens is 324 g/mol. The van der Waals surface area contributed by atoms with Gasteiger partial charge >= 0.3 is 0 Å². The third-order valence-corrected chi connectivity index (χ3v) is 4.50. The first-order chi connectivity index (χ1) is 11.6. The topological polar surface area (TPSA) is 49.4 Å². The maximum Gasteiger partial charge on any atom is 0.239 e. The van der Waals surface area contributed by atoms with Crippen LogP contribution in [0.2, 0.25) is 5.02 Å². The molecule has 0 spiro atoms. The highest BCUT2D eigenvalue weighted by molar-refractivity contribution is 6.30. The summed E-state index contributed by atoms with van der Waals surface area (Å²) in [5, 5.41) is 3.41. The summed E-state index contributed by atoms with van der Waals surface area (Å²) in [4.78, 5) is 25.8. The van der Waals surface area contributed by atoms with Gasteiger partial charge in [0.2, 0.25) is 11.8 Å². The molecule has 0 radical (unpaired) electrons. The van der Waals surface area contributed by atoms with Crippen molar-refractivity contribution in [3.63, 3.8) is 0 Å². The lowest BCUT2D eigenvalue weighted by molar-refractivity contribution is -0.138. The van der Waals surface area contributed by atoms with Crippen molar-refractivity contribution in [3.05, 3.63) is 70.7 Å². The molecule has 124 valence electrons. The number of amides is 2. The van der Waals surface area contributed by atoms with E-state index >= 15 is 0 Å². The molecule has 0 aromatic heterocycles. The van der Waals surface area contributed by atoms with Crippen molar-refractivity contribution in [2.45, 2.75) is 12.3 Å². The standard InChI is InChI=1S/C19H19ClN2O2/c20-16-8-6-15(7-9-16)17(14-4-2-1-3-5-14)12-19(24)22-11-10-21-18(23)13-22/h1-9,17H,10-13H2,(H,21,23)/t17-/m0/s1. The minimum Gasteiger partial charge on any atom is -0.353 e. The van der Waals surface area contributed by atoms with Gasteiger partial charge in [-0.1, -0.05) is 54.1 Å². The number of hydrogen-bond donors (Lipinski definition) is 1. The van der Waals surface area contributed by atoms with Gasteiger partial charge in [-0.3, -0.25) is 9.59 Å². The van der Waals surface area contributed by atoms with Crippen LogP contribution in [-0.4, -0.2) is 36.3 Å². The Morgan fingerprint density at radius 2 is 1.75 bits per heavy atom. The van der Waals surface area contributed by atoms with Crippen molar-refractivity contribution in [2.75, 3.05) is 19.6 Å². The molecule has 1 atom stereocenters. The lowest BCUT2D eigenvalue weighted by atomic mass is 9.88. The van der Waals surface area contributed by atoms with Gasteiger partial charge in [0, 0.05) is 30.5 Å². The zero-order valence-electron chi connectivity index (χ0n) is 13.2. The first kappa shape index (κ1) is 16.5. The molecule has 3 rings (SSSR count). The van der Waals surface area contributed by atoms with E-state index in [2.05, 4.69) is 5.32 Å². The Kier molecular flexibility index (Phi) is 5.16. The van der Waals surface area contributed by atoms with E-state index in [4.69, 9.17) is 11.6 Å². The number of nitrogens with zero attached hydrogens (tertiary/aromatic N) is 1. The van der Waals surface area contributed by atoms with E-state index in [1.807, 2.05) is 54.6 Å². The predicted octanol–water partition coefficient (Wildman–Crippen LogP) is 2.82. The Morgan fingerprint density at radius 3 is 2.42 bits per heavy atom. The molecule has 1 N–H and O–H groups in total. The van der Waals surface area contributed by atoms with E-state index < -0.39 is 0 Å². The minimum absolute atomic E-state index is 0.00588. The van der Waals surface area contributed by atoms with E-state index in [9.17, 15) is 9.59 Å². The maximum atomic E-state index is 12.7. The van der Waals surface area contributed by atoms with E-state index in [1.54, 1.807) is 4.90 Å². The van der Waals surface area contributed by atoms with Crippen molar-refractivity contribution >= 4 is 23.4 Å². The van der Waals surface area contributed by atoms with Crippen molar-refractivity contribution < 1.29 is 9.59 Å². The van der Waals surface area contributed by atoms with Crippen LogP contribution in [0.3, 0.4) is 0 Å². The van der Waals surface area contributed by atoms with Crippen LogP contribution in [-0.2, 0) is 9.59 Å². The molecule has 0 aliphatic carbocycles. The average molecular weight is 343 g/mol. The lowest BCUT2D eigenvalue weighted by Crippen LogP contribution is -2.50. The summed E-state index contributed by atoms with van der Waals surface area (Å²) >= 11 is 5.99. The fourth-order valence-corrected chi connectivity index (χ4v) is 3.09. The van der Waals surface area contributed by atoms with Gasteiger partial charge in [0.15, 0.2) is 0 Å². The zero-order chi connectivity index (χ0) is 16.9. The Morgan fingerprint density at radius 1 is 1.08 bits per heavy atom. The largest absolute Gasteiger partial charge is 0.353 e. The van der Waals surface area contributed by atoms with Crippen LogP contribution in [0.15, 0.2) is 54.6 Å². The Labute approximate surface area is 146 Å². The number of carbonyl (C=O) groups excluding carboxylic acids is 2. The molecule has 2 amide bonds. The van der Waals surface area contributed by atoms with Crippen molar-refractivity contribution in [3.8, 4) is 0 Å². The van der Waals surface area contributed by atoms with Crippen LogP contribution in [0.5, 0.6) is 0 Å². The SMILES string of the molecule is O=C1CN(C(=O)C[C@@H](c2ccccc2)c2ccc(Cl)cc2)CCN1. The lowest BCUT2D eigenvalue weighted by Gasteiger charge is -2.28. The van der Waals surface area contributed by atoms with Gasteiger partial charge in [0.25, 0.3) is 0 Å². The zero-order valence-corrected chi connectivity index (χ0v) is 14.0. The van der Waals surface area contributed by atoms with Crippen LogP contribution >= 0.6 is 11.6 Å². The number of nitrogens with one attached hydrogen (secondary N) is 1. The number of hydrogen-bond acceptors (Lipinski definition) is 2. The van der Waals surface area contributed by atoms with Gasteiger partial charge in [-0.2, -0.15) is 0 Å². The van der Waals surface area contributed by atoms with Gasteiger partial charge in [-0.15, -0.1) is 0 Å². The van der Waals surface area contributed by atoms with Gasteiger partial charge in [-0.05, 0) is 23.3 Å². The second-order valence-corrected chi connectivity index (χ2v) is 6.32. The Hall–Kier alpha value is -2.33. The number of halogens is 1. The van der Waals surface area contributed by atoms with Gasteiger partial charge in [-0.25, -0.2) is 0 Å². The summed E-state index contributed by atoms with van der Waals surface area (Å²) < 4.78 is 0. The highest BCUT2D eigenvalue weighted by Gasteiger charge is 2.25. The van der Waals surface area contributed by atoms with E-state index in [0.717, 1.165) is 11.1 Å². The molecule has 2 aromatic carbocycles. The average Bonchev–Trinajstić information content (AvgIpc) is 2.61. The van der Waals surface area contributed by atoms with E-state index in [-0.39, 0.29) is 24.3 Å². The van der Waals surface area contributed by atoms with Crippen LogP contribution in [0.25, 0.3) is 0 Å². The smallest absolute Gasteiger partial charge is 0.239 e. The summed E-state index contributed by atoms with van der Waals surface area (Å²) in [6, 6.07) is 17.5. The summed E-state index contributed by atoms with van der Waals surface area (Å²) in [5.41, 5.74) is 2.12. The van der Waals surface area contributed by atoms with Crippen molar-refractivity contribution in [1.29, 1.82) is 0 Å². The van der Waals surface area contributed by atoms with Crippen LogP contribution in [0.4, 0.5) is 0 Å². The molecule has 0 bridgehead atoms. The highest BCUT2D eigenvalue weighted by Crippen LogP contribution is 2.29. The third kappa shape index (κ3) is 3.95. The van der Waals surface area contributed by atoms with E-state index in [0.29, 0.717) is 24.5 Å². The van der Waals surface area contributed by atoms with Gasteiger partial charge in [0.05, 0.1) is 6.54 Å². The molecule has 1 saturated heterocycles. The molecule has 1 fully saturated rings. The summed E-state index contributed by atoms with van der Waals surface area (Å²) in [6.45, 7) is 1.22. The van der Waals surface area contributed by atoms with Crippen LogP contribution < -0.4 is 5.32 Å². The van der Waals surface area contributed by atoms with Crippen LogP contribution in [0, 0.1) is 0 Å². The molecule has 5 heteroatoms. The molecule has 2 aromatic rings. The molecule has 1 heterocycles. The predicted molar refractivity (Wildman–Crippen MR) is 93.9 cm³/mol. The van der Waals surface area contributed by atoms with Gasteiger partial charge < -0.3 is 10.2 Å². The number of carbonyl (C=O) groups is 2. The van der Waals surface area contributed by atoms with Crippen LogP contribution in [0.1, 0.15) is 23.5 Å². The molecule has 0 saturated carbocycles. The summed E-state index contributed by atoms with van der Waals surface area (Å²) in [6.07, 6.45) is 0.332. The summed E-state index contributed by atoms with van der Waals surface area (Å²) in [5.74, 6) is -0.160. The van der Waals surface area contributed by atoms with E-state index in [1.165, 1.54) is 0 Å². The summed E-state index contributed by atoms with van der Waals surface area (Å²) in [7, 11) is 0. The monoisotopic (exact) mass is 342 g/mol. The van der Waals surface area contributed by atoms with Gasteiger partial charge in [0.1, 0.15) is 0 Å². The third-order valence-electron chi connectivity index (χ3n) is 4.24. The molecule has 24 heavy (non-hydrogen) atoms. The van der Waals surface area contributed by atoms with Crippen molar-refractivity contribution in [2.24, 2.45) is 0 Å². The second-order valence-electron chi connectivity index (χ2n) is 5.88. The molecule has 0 unspecified atom stereocenters. The fourth-order valence-electron chi connectivity index (χ4n) is 2.96. The molecule has 1 aliphatic rings.